The minimum Gasteiger partial charge on any atom is -0.360 e. The molecule has 1 aliphatic rings. The van der Waals surface area contributed by atoms with Crippen LogP contribution in [0, 0.1) is 6.92 Å². The summed E-state index contributed by atoms with van der Waals surface area (Å²) in [5.41, 5.74) is 0. The van der Waals surface area contributed by atoms with E-state index < -0.39 is 9.84 Å². The van der Waals surface area contributed by atoms with Crippen LogP contribution in [0.1, 0.15) is 25.5 Å². The van der Waals surface area contributed by atoms with Gasteiger partial charge in [-0.1, -0.05) is 5.16 Å². The highest BCUT2D eigenvalue weighted by atomic mass is 32.2. The summed E-state index contributed by atoms with van der Waals surface area (Å²) in [6.45, 7) is 4.78. The van der Waals surface area contributed by atoms with Crippen molar-refractivity contribution < 1.29 is 17.7 Å². The lowest BCUT2D eigenvalue weighted by atomic mass is 10.2. The first-order valence-corrected chi connectivity index (χ1v) is 8.85. The molecule has 1 N–H and O–H groups in total. The topological polar surface area (TPSA) is 92.5 Å². The molecule has 2 rings (SSSR count). The smallest absolute Gasteiger partial charge is 0.226 e. The van der Waals surface area contributed by atoms with E-state index in [9.17, 15) is 13.2 Å². The summed E-state index contributed by atoms with van der Waals surface area (Å²) in [6.07, 6.45) is 0.919. The molecular weight excluding hydrogens is 294 g/mol. The van der Waals surface area contributed by atoms with E-state index in [1.54, 1.807) is 13.0 Å². The average molecular weight is 315 g/mol. The van der Waals surface area contributed by atoms with Crippen LogP contribution < -0.4 is 5.32 Å². The molecule has 8 heteroatoms. The Morgan fingerprint density at radius 3 is 2.95 bits per heavy atom. The highest BCUT2D eigenvalue weighted by Crippen LogP contribution is 2.13. The van der Waals surface area contributed by atoms with Crippen molar-refractivity contribution in [1.82, 2.24) is 10.1 Å². The molecule has 118 valence electrons. The number of nitrogens with one attached hydrogen (secondary N) is 1. The highest BCUT2D eigenvalue weighted by molar-refractivity contribution is 7.91. The highest BCUT2D eigenvalue weighted by Gasteiger charge is 2.24. The van der Waals surface area contributed by atoms with Gasteiger partial charge in [0.1, 0.15) is 5.76 Å². The molecule has 1 amide bonds. The van der Waals surface area contributed by atoms with Gasteiger partial charge in [0.05, 0.1) is 11.5 Å². The van der Waals surface area contributed by atoms with E-state index in [2.05, 4.69) is 15.4 Å². The van der Waals surface area contributed by atoms with Gasteiger partial charge in [-0.05, 0) is 20.3 Å². The molecule has 1 aromatic heterocycles. The molecule has 0 bridgehead atoms. The molecular formula is C13H21N3O4S. The molecule has 2 heterocycles. The lowest BCUT2D eigenvalue weighted by Gasteiger charge is -2.25. The maximum Gasteiger partial charge on any atom is 0.226 e. The van der Waals surface area contributed by atoms with Crippen LogP contribution in [0.2, 0.25) is 0 Å². The van der Waals surface area contributed by atoms with E-state index in [0.717, 1.165) is 0 Å². The van der Waals surface area contributed by atoms with Gasteiger partial charge < -0.3 is 9.84 Å². The van der Waals surface area contributed by atoms with Gasteiger partial charge in [-0.3, -0.25) is 9.69 Å². The quantitative estimate of drug-likeness (QED) is 0.884. The predicted molar refractivity (Wildman–Crippen MR) is 78.8 cm³/mol. The molecule has 0 spiro atoms. The lowest BCUT2D eigenvalue weighted by Crippen LogP contribution is -2.36. The van der Waals surface area contributed by atoms with Crippen LogP contribution in [0.5, 0.6) is 0 Å². The summed E-state index contributed by atoms with van der Waals surface area (Å²) in [5.74, 6) is 1.29. The van der Waals surface area contributed by atoms with Gasteiger partial charge in [0, 0.05) is 31.6 Å². The Labute approximate surface area is 124 Å². The first kappa shape index (κ1) is 16.0. The van der Waals surface area contributed by atoms with E-state index >= 15 is 0 Å². The van der Waals surface area contributed by atoms with Gasteiger partial charge in [0.25, 0.3) is 0 Å². The summed E-state index contributed by atoms with van der Waals surface area (Å²) >= 11 is 0. The SMILES string of the molecule is Cc1cc(NC(=O)CCN2CCS(=O)(=O)CCC2C)no1. The average Bonchev–Trinajstić information content (AvgIpc) is 2.75. The van der Waals surface area contributed by atoms with Crippen molar-refractivity contribution in [2.75, 3.05) is 29.9 Å². The summed E-state index contributed by atoms with van der Waals surface area (Å²) in [7, 11) is -2.93. The zero-order chi connectivity index (χ0) is 15.5. The van der Waals surface area contributed by atoms with Crippen molar-refractivity contribution in [1.29, 1.82) is 0 Å². The third-order valence-corrected chi connectivity index (χ3v) is 5.34. The predicted octanol–water partition coefficient (Wildman–Crippen LogP) is 0.821. The van der Waals surface area contributed by atoms with Gasteiger partial charge in [-0.15, -0.1) is 0 Å². The normalized spacial score (nSPS) is 22.7. The van der Waals surface area contributed by atoms with Crippen molar-refractivity contribution in [3.8, 4) is 0 Å². The Morgan fingerprint density at radius 2 is 2.29 bits per heavy atom. The van der Waals surface area contributed by atoms with Crippen molar-refractivity contribution in [2.24, 2.45) is 0 Å². The molecule has 21 heavy (non-hydrogen) atoms. The van der Waals surface area contributed by atoms with Gasteiger partial charge >= 0.3 is 0 Å². The van der Waals surface area contributed by atoms with Crippen molar-refractivity contribution in [3.05, 3.63) is 11.8 Å². The van der Waals surface area contributed by atoms with E-state index in [0.29, 0.717) is 37.5 Å². The monoisotopic (exact) mass is 315 g/mol. The molecule has 1 atom stereocenters. The summed E-state index contributed by atoms with van der Waals surface area (Å²) < 4.78 is 28.1. The number of rotatable bonds is 4. The van der Waals surface area contributed by atoms with Gasteiger partial charge in [0.15, 0.2) is 15.7 Å². The maximum atomic E-state index is 11.8. The Morgan fingerprint density at radius 1 is 1.52 bits per heavy atom. The number of hydrogen-bond donors (Lipinski definition) is 1. The number of anilines is 1. The molecule has 1 fully saturated rings. The molecule has 0 aliphatic carbocycles. The van der Waals surface area contributed by atoms with Gasteiger partial charge in [0.2, 0.25) is 5.91 Å². The number of hydrogen-bond acceptors (Lipinski definition) is 6. The summed E-state index contributed by atoms with van der Waals surface area (Å²) in [4.78, 5) is 13.9. The van der Waals surface area contributed by atoms with Gasteiger partial charge in [-0.2, -0.15) is 0 Å². The van der Waals surface area contributed by atoms with Crippen LogP contribution in [0.15, 0.2) is 10.6 Å². The largest absolute Gasteiger partial charge is 0.360 e. The van der Waals surface area contributed by atoms with Crippen molar-refractivity contribution in [2.45, 2.75) is 32.7 Å². The van der Waals surface area contributed by atoms with Crippen LogP contribution >= 0.6 is 0 Å². The van der Waals surface area contributed by atoms with Crippen molar-refractivity contribution in [3.63, 3.8) is 0 Å². The Bertz CT molecular complexity index is 596. The third kappa shape index (κ3) is 4.82. The maximum absolute atomic E-state index is 11.8. The fourth-order valence-corrected chi connectivity index (χ4v) is 3.74. The lowest BCUT2D eigenvalue weighted by molar-refractivity contribution is -0.116. The van der Waals surface area contributed by atoms with Crippen molar-refractivity contribution >= 4 is 21.6 Å². The van der Waals surface area contributed by atoms with Crippen LogP contribution in [0.25, 0.3) is 0 Å². The first-order valence-electron chi connectivity index (χ1n) is 7.03. The second-order valence-corrected chi connectivity index (χ2v) is 7.75. The molecule has 1 unspecified atom stereocenters. The minimum absolute atomic E-state index is 0.150. The molecule has 1 aromatic rings. The number of aromatic nitrogens is 1. The van der Waals surface area contributed by atoms with E-state index in [1.807, 2.05) is 6.92 Å². The zero-order valence-electron chi connectivity index (χ0n) is 12.3. The fourth-order valence-electron chi connectivity index (χ4n) is 2.32. The Hall–Kier alpha value is -1.41. The number of amides is 1. The van der Waals surface area contributed by atoms with Crippen LogP contribution in [0.3, 0.4) is 0 Å². The summed E-state index contributed by atoms with van der Waals surface area (Å²) in [6, 6.07) is 1.82. The van der Waals surface area contributed by atoms with Gasteiger partial charge in [-0.25, -0.2) is 8.42 Å². The zero-order valence-corrected chi connectivity index (χ0v) is 13.1. The molecule has 0 aromatic carbocycles. The van der Waals surface area contributed by atoms with Crippen LogP contribution in [0.4, 0.5) is 5.82 Å². The Kier molecular flexibility index (Phi) is 5.00. The number of carbonyl (C=O) groups excluding carboxylic acids is 1. The number of aryl methyl sites for hydroxylation is 1. The number of nitrogens with zero attached hydrogens (tertiary/aromatic N) is 2. The van der Waals surface area contributed by atoms with Crippen LogP contribution in [-0.2, 0) is 14.6 Å². The van der Waals surface area contributed by atoms with E-state index in [1.165, 1.54) is 0 Å². The second-order valence-electron chi connectivity index (χ2n) is 5.45. The second kappa shape index (κ2) is 6.57. The Balaban J connectivity index is 1.82. The standard InChI is InChI=1S/C13H21N3O4S/c1-10-4-7-21(18,19)8-6-16(10)5-3-13(17)14-12-9-11(2)20-15-12/h9-10H,3-8H2,1-2H3,(H,14,15,17). The third-order valence-electron chi connectivity index (χ3n) is 3.68. The van der Waals surface area contributed by atoms with Crippen LogP contribution in [-0.4, -0.2) is 55.0 Å². The number of sulfone groups is 1. The minimum atomic E-state index is -2.93. The first-order chi connectivity index (χ1) is 9.85. The van der Waals surface area contributed by atoms with E-state index in [4.69, 9.17) is 4.52 Å². The molecule has 1 saturated heterocycles. The molecule has 1 aliphatic heterocycles. The fraction of sp³-hybridized carbons (Fsp3) is 0.692. The molecule has 7 nitrogen and oxygen atoms in total. The molecule has 0 saturated carbocycles. The van der Waals surface area contributed by atoms with E-state index in [-0.39, 0.29) is 23.5 Å². The molecule has 0 radical (unpaired) electrons. The summed E-state index contributed by atoms with van der Waals surface area (Å²) in [5, 5.41) is 6.36. The number of carbonyl (C=O) groups is 1.